The number of hydrogen-bond donors (Lipinski definition) is 1. The van der Waals surface area contributed by atoms with Gasteiger partial charge in [0.1, 0.15) is 0 Å². The van der Waals surface area contributed by atoms with E-state index in [1.54, 1.807) is 0 Å². The van der Waals surface area contributed by atoms with Gasteiger partial charge in [-0.15, -0.1) is 0 Å². The van der Waals surface area contributed by atoms with E-state index >= 15 is 0 Å². The molecule has 0 bridgehead atoms. The van der Waals surface area contributed by atoms with Gasteiger partial charge in [-0.2, -0.15) is 0 Å². The predicted molar refractivity (Wildman–Crippen MR) is 65.7 cm³/mol. The number of benzene rings is 1. The summed E-state index contributed by atoms with van der Waals surface area (Å²) in [6.07, 6.45) is 4.24. The lowest BCUT2D eigenvalue weighted by atomic mass is 9.95. The van der Waals surface area contributed by atoms with E-state index < -0.39 is 0 Å². The molecule has 0 unspecified atom stereocenters. The lowest BCUT2D eigenvalue weighted by molar-refractivity contribution is 0.829. The molecule has 1 aromatic carbocycles. The first-order chi connectivity index (χ1) is 7.15. The summed E-state index contributed by atoms with van der Waals surface area (Å²) in [5.74, 6) is 0. The SMILES string of the molecule is C=C(C)NC1=Cc2ccc(Cl)cc2CC1. The van der Waals surface area contributed by atoms with Crippen LogP contribution >= 0.6 is 11.6 Å². The second kappa shape index (κ2) is 4.11. The van der Waals surface area contributed by atoms with E-state index in [0.717, 1.165) is 23.6 Å². The van der Waals surface area contributed by atoms with E-state index in [9.17, 15) is 0 Å². The molecule has 0 spiro atoms. The summed E-state index contributed by atoms with van der Waals surface area (Å²) in [6, 6.07) is 6.04. The highest BCUT2D eigenvalue weighted by atomic mass is 35.5. The summed E-state index contributed by atoms with van der Waals surface area (Å²) in [5.41, 5.74) is 4.81. The van der Waals surface area contributed by atoms with Gasteiger partial charge in [0, 0.05) is 16.4 Å². The van der Waals surface area contributed by atoms with Crippen molar-refractivity contribution in [1.29, 1.82) is 0 Å². The molecule has 2 rings (SSSR count). The number of aryl methyl sites for hydroxylation is 1. The largest absolute Gasteiger partial charge is 0.363 e. The van der Waals surface area contributed by atoms with Crippen molar-refractivity contribution in [3.63, 3.8) is 0 Å². The maximum Gasteiger partial charge on any atom is 0.0409 e. The lowest BCUT2D eigenvalue weighted by Gasteiger charge is -2.18. The van der Waals surface area contributed by atoms with Crippen LogP contribution in [0.15, 0.2) is 36.2 Å². The Kier molecular flexibility index (Phi) is 2.83. The Bertz CT molecular complexity index is 432. The molecule has 0 radical (unpaired) electrons. The molecule has 1 aliphatic carbocycles. The van der Waals surface area contributed by atoms with E-state index in [2.05, 4.69) is 24.0 Å². The van der Waals surface area contributed by atoms with E-state index in [4.69, 9.17) is 11.6 Å². The van der Waals surface area contributed by atoms with Gasteiger partial charge in [0.25, 0.3) is 0 Å². The molecule has 0 atom stereocenters. The van der Waals surface area contributed by atoms with Crippen LogP contribution in [0.1, 0.15) is 24.5 Å². The minimum absolute atomic E-state index is 0.818. The molecule has 15 heavy (non-hydrogen) atoms. The zero-order valence-electron chi connectivity index (χ0n) is 8.81. The molecule has 2 heteroatoms. The Labute approximate surface area is 95.5 Å². The zero-order valence-corrected chi connectivity index (χ0v) is 9.56. The summed E-state index contributed by atoms with van der Waals surface area (Å²) in [4.78, 5) is 0. The van der Waals surface area contributed by atoms with E-state index in [-0.39, 0.29) is 0 Å². The van der Waals surface area contributed by atoms with Crippen LogP contribution in [0, 0.1) is 0 Å². The Morgan fingerprint density at radius 1 is 1.40 bits per heavy atom. The fraction of sp³-hybridized carbons (Fsp3) is 0.231. The highest BCUT2D eigenvalue weighted by molar-refractivity contribution is 6.30. The third-order valence-corrected chi connectivity index (χ3v) is 2.71. The molecule has 1 N–H and O–H groups in total. The normalized spacial score (nSPS) is 14.1. The number of allylic oxidation sites excluding steroid dienone is 2. The van der Waals surface area contributed by atoms with Crippen LogP contribution in [0.2, 0.25) is 5.02 Å². The number of fused-ring (bicyclic) bond motifs is 1. The summed E-state index contributed by atoms with van der Waals surface area (Å²) in [5, 5.41) is 4.09. The van der Waals surface area contributed by atoms with Gasteiger partial charge in [-0.1, -0.05) is 24.2 Å². The van der Waals surface area contributed by atoms with Gasteiger partial charge in [0.15, 0.2) is 0 Å². The standard InChI is InChI=1S/C13H14ClN/c1-9(2)15-13-6-4-10-7-12(14)5-3-11(10)8-13/h3,5,7-8,15H,1,4,6H2,2H3. The number of halogens is 1. The maximum absolute atomic E-state index is 5.95. The Morgan fingerprint density at radius 2 is 2.20 bits per heavy atom. The number of nitrogens with one attached hydrogen (secondary N) is 1. The molecule has 0 aromatic heterocycles. The van der Waals surface area contributed by atoms with Gasteiger partial charge in [0.05, 0.1) is 0 Å². The highest BCUT2D eigenvalue weighted by Crippen LogP contribution is 2.25. The molecule has 0 amide bonds. The second-order valence-corrected chi connectivity index (χ2v) is 4.35. The first-order valence-electron chi connectivity index (χ1n) is 5.07. The Balaban J connectivity index is 2.29. The monoisotopic (exact) mass is 219 g/mol. The fourth-order valence-electron chi connectivity index (χ4n) is 1.83. The van der Waals surface area contributed by atoms with Crippen molar-refractivity contribution in [3.05, 3.63) is 52.3 Å². The van der Waals surface area contributed by atoms with Crippen molar-refractivity contribution >= 4 is 17.7 Å². The van der Waals surface area contributed by atoms with Gasteiger partial charge in [-0.25, -0.2) is 0 Å². The Hall–Kier alpha value is -1.21. The molecule has 0 fully saturated rings. The second-order valence-electron chi connectivity index (χ2n) is 3.92. The van der Waals surface area contributed by atoms with Crippen molar-refractivity contribution in [2.75, 3.05) is 0 Å². The third kappa shape index (κ3) is 2.42. The van der Waals surface area contributed by atoms with Crippen molar-refractivity contribution in [1.82, 2.24) is 5.32 Å². The quantitative estimate of drug-likeness (QED) is 0.799. The molecule has 78 valence electrons. The highest BCUT2D eigenvalue weighted by Gasteiger charge is 2.10. The fourth-order valence-corrected chi connectivity index (χ4v) is 2.03. The number of hydrogen-bond acceptors (Lipinski definition) is 1. The van der Waals surface area contributed by atoms with Crippen molar-refractivity contribution < 1.29 is 0 Å². The van der Waals surface area contributed by atoms with Crippen molar-refractivity contribution in [3.8, 4) is 0 Å². The Morgan fingerprint density at radius 3 is 2.93 bits per heavy atom. The first-order valence-corrected chi connectivity index (χ1v) is 5.44. The third-order valence-electron chi connectivity index (χ3n) is 2.47. The topological polar surface area (TPSA) is 12.0 Å². The molecule has 0 heterocycles. The molecule has 1 nitrogen and oxygen atoms in total. The average Bonchev–Trinajstić information content (AvgIpc) is 2.17. The predicted octanol–water partition coefficient (Wildman–Crippen LogP) is 3.75. The van der Waals surface area contributed by atoms with Crippen LogP contribution in [0.25, 0.3) is 6.08 Å². The van der Waals surface area contributed by atoms with Gasteiger partial charge < -0.3 is 5.32 Å². The van der Waals surface area contributed by atoms with Crippen LogP contribution in [0.3, 0.4) is 0 Å². The summed E-state index contributed by atoms with van der Waals surface area (Å²) in [7, 11) is 0. The molecule has 0 saturated heterocycles. The maximum atomic E-state index is 5.95. The summed E-state index contributed by atoms with van der Waals surface area (Å²) >= 11 is 5.95. The summed E-state index contributed by atoms with van der Waals surface area (Å²) < 4.78 is 0. The molecule has 0 aliphatic heterocycles. The van der Waals surface area contributed by atoms with Crippen molar-refractivity contribution in [2.45, 2.75) is 19.8 Å². The van der Waals surface area contributed by atoms with Crippen LogP contribution in [-0.2, 0) is 6.42 Å². The van der Waals surface area contributed by atoms with Crippen molar-refractivity contribution in [2.24, 2.45) is 0 Å². The first kappa shape index (κ1) is 10.3. The lowest BCUT2D eigenvalue weighted by Crippen LogP contribution is -2.13. The molecule has 0 saturated carbocycles. The summed E-state index contributed by atoms with van der Waals surface area (Å²) in [6.45, 7) is 5.82. The minimum atomic E-state index is 0.818. The van der Waals surface area contributed by atoms with Gasteiger partial charge >= 0.3 is 0 Å². The minimum Gasteiger partial charge on any atom is -0.363 e. The van der Waals surface area contributed by atoms with E-state index in [1.807, 2.05) is 19.1 Å². The van der Waals surface area contributed by atoms with Crippen LogP contribution in [0.4, 0.5) is 0 Å². The smallest absolute Gasteiger partial charge is 0.0409 e. The molecular formula is C13H14ClN. The van der Waals surface area contributed by atoms with Crippen LogP contribution < -0.4 is 5.32 Å². The zero-order chi connectivity index (χ0) is 10.8. The molecule has 1 aliphatic rings. The van der Waals surface area contributed by atoms with E-state index in [1.165, 1.54) is 16.8 Å². The van der Waals surface area contributed by atoms with Crippen LogP contribution in [-0.4, -0.2) is 0 Å². The van der Waals surface area contributed by atoms with Crippen LogP contribution in [0.5, 0.6) is 0 Å². The average molecular weight is 220 g/mol. The van der Waals surface area contributed by atoms with Gasteiger partial charge in [-0.05, 0) is 49.1 Å². The molecular weight excluding hydrogens is 206 g/mol. The van der Waals surface area contributed by atoms with E-state index in [0.29, 0.717) is 0 Å². The number of rotatable bonds is 2. The van der Waals surface area contributed by atoms with Gasteiger partial charge in [0.2, 0.25) is 0 Å². The molecule has 1 aromatic rings. The van der Waals surface area contributed by atoms with Gasteiger partial charge in [-0.3, -0.25) is 0 Å².